The van der Waals surface area contributed by atoms with E-state index in [0.29, 0.717) is 30.0 Å². The Labute approximate surface area is 221 Å². The molecule has 3 aromatic heterocycles. The quantitative estimate of drug-likeness (QED) is 0.379. The lowest BCUT2D eigenvalue weighted by molar-refractivity contribution is -0.143. The summed E-state index contributed by atoms with van der Waals surface area (Å²) in [5.41, 5.74) is 2.54. The fourth-order valence-electron chi connectivity index (χ4n) is 5.49. The normalized spacial score (nSPS) is 22.1. The second-order valence-electron chi connectivity index (χ2n) is 9.82. The number of carboxylic acids is 1. The number of hydrogen-bond acceptors (Lipinski definition) is 7. The molecule has 0 radical (unpaired) electrons. The number of rotatable bonds is 5. The average molecular weight is 564 g/mol. The molecule has 0 bridgehead atoms. The summed E-state index contributed by atoms with van der Waals surface area (Å²) in [7, 11) is 0. The third-order valence-electron chi connectivity index (χ3n) is 7.41. The van der Waals surface area contributed by atoms with E-state index < -0.39 is 12.0 Å². The minimum Gasteiger partial charge on any atom is -0.480 e. The van der Waals surface area contributed by atoms with E-state index in [0.717, 1.165) is 52.7 Å². The molecular weight excluding hydrogens is 538 g/mol. The Morgan fingerprint density at radius 3 is 2.95 bits per heavy atom. The first-order valence-electron chi connectivity index (χ1n) is 12.5. The number of amides is 1. The van der Waals surface area contributed by atoms with Gasteiger partial charge in [-0.15, -0.1) is 0 Å². The molecule has 11 heteroatoms. The minimum absolute atomic E-state index is 0.0689. The Hall–Kier alpha value is -3.44. The number of carbonyl (C=O) groups is 2. The van der Waals surface area contributed by atoms with Gasteiger partial charge >= 0.3 is 5.97 Å². The van der Waals surface area contributed by atoms with Gasteiger partial charge in [0.05, 0.1) is 16.6 Å². The van der Waals surface area contributed by atoms with Crippen molar-refractivity contribution < 1.29 is 14.7 Å². The van der Waals surface area contributed by atoms with Crippen molar-refractivity contribution in [2.24, 2.45) is 11.8 Å². The molecule has 37 heavy (non-hydrogen) atoms. The molecule has 1 aromatic carbocycles. The van der Waals surface area contributed by atoms with Crippen molar-refractivity contribution >= 4 is 49.7 Å². The molecule has 2 N–H and O–H groups in total. The van der Waals surface area contributed by atoms with Gasteiger partial charge in [-0.05, 0) is 65.4 Å². The third-order valence-corrected chi connectivity index (χ3v) is 7.99. The molecule has 4 aromatic rings. The van der Waals surface area contributed by atoms with Gasteiger partial charge < -0.3 is 15.3 Å². The zero-order chi connectivity index (χ0) is 25.5. The second kappa shape index (κ2) is 9.79. The monoisotopic (exact) mass is 563 g/mol. The molecule has 1 saturated carbocycles. The predicted molar refractivity (Wildman–Crippen MR) is 140 cm³/mol. The number of aromatic nitrogens is 5. The van der Waals surface area contributed by atoms with Crippen LogP contribution in [-0.4, -0.2) is 72.3 Å². The number of nitrogens with one attached hydrogen (secondary N) is 1. The molecule has 4 heterocycles. The van der Waals surface area contributed by atoms with E-state index in [9.17, 15) is 14.7 Å². The highest BCUT2D eigenvalue weighted by Crippen LogP contribution is 2.35. The summed E-state index contributed by atoms with van der Waals surface area (Å²) in [6, 6.07) is 9.23. The molecule has 1 unspecified atom stereocenters. The van der Waals surface area contributed by atoms with Gasteiger partial charge in [-0.3, -0.25) is 14.6 Å². The smallest absolute Gasteiger partial charge is 0.322 e. The summed E-state index contributed by atoms with van der Waals surface area (Å²) < 4.78 is 2.50. The first-order chi connectivity index (χ1) is 18.0. The Balaban J connectivity index is 1.19. The molecule has 3 atom stereocenters. The summed E-state index contributed by atoms with van der Waals surface area (Å²) in [5, 5.41) is 18.8. The molecule has 1 aliphatic carbocycles. The van der Waals surface area contributed by atoms with E-state index in [1.165, 1.54) is 0 Å². The van der Waals surface area contributed by atoms with E-state index in [2.05, 4.69) is 36.3 Å². The SMILES string of the molecule is O=C(O)C1CN(C(=O)[C@@H]2CC[C@@H](Cc3ncc4c(Br)nn(-c5ccc6ncccc6c5)c4n3)C2)CCN1. The van der Waals surface area contributed by atoms with Crippen LogP contribution >= 0.6 is 15.9 Å². The van der Waals surface area contributed by atoms with Crippen LogP contribution in [0.4, 0.5) is 0 Å². The van der Waals surface area contributed by atoms with Crippen molar-refractivity contribution in [3.8, 4) is 5.69 Å². The number of nitrogens with zero attached hydrogens (tertiary/aromatic N) is 6. The molecule has 2 fully saturated rings. The Kier molecular flexibility index (Phi) is 6.33. The van der Waals surface area contributed by atoms with Gasteiger partial charge in [-0.25, -0.2) is 14.6 Å². The van der Waals surface area contributed by atoms with Crippen LogP contribution in [0.1, 0.15) is 25.1 Å². The first kappa shape index (κ1) is 23.9. The second-order valence-corrected chi connectivity index (χ2v) is 10.6. The van der Waals surface area contributed by atoms with Crippen LogP contribution in [-0.2, 0) is 16.0 Å². The van der Waals surface area contributed by atoms with E-state index in [-0.39, 0.29) is 18.4 Å². The van der Waals surface area contributed by atoms with Crippen LogP contribution in [0.2, 0.25) is 0 Å². The number of piperazine rings is 1. The topological polar surface area (TPSA) is 126 Å². The summed E-state index contributed by atoms with van der Waals surface area (Å²) in [5.74, 6) is 0.109. The molecule has 0 spiro atoms. The molecular formula is C26H26BrN7O3. The van der Waals surface area contributed by atoms with Crippen molar-refractivity contribution in [3.05, 3.63) is 53.2 Å². The maximum atomic E-state index is 13.1. The average Bonchev–Trinajstić information content (AvgIpc) is 3.52. The molecule has 1 saturated heterocycles. The minimum atomic E-state index is -0.916. The van der Waals surface area contributed by atoms with Gasteiger partial charge in [-0.2, -0.15) is 5.10 Å². The van der Waals surface area contributed by atoms with E-state index in [1.807, 2.05) is 35.0 Å². The number of benzene rings is 1. The number of pyridine rings is 1. The molecule has 1 amide bonds. The van der Waals surface area contributed by atoms with Gasteiger partial charge in [0.2, 0.25) is 5.91 Å². The summed E-state index contributed by atoms with van der Waals surface area (Å²) >= 11 is 3.54. The standard InChI is InChI=1S/C26H26BrN7O3/c27-23-19-13-30-22(31-24(19)34(32-23)18-5-6-20-16(12-18)2-1-7-28-20)11-15-3-4-17(10-15)25(35)33-9-8-29-21(14-33)26(36)37/h1-2,5-7,12-13,15,17,21,29H,3-4,8-11,14H2,(H,36,37)/t15-,17-,21?/m1/s1. The van der Waals surface area contributed by atoms with E-state index >= 15 is 0 Å². The maximum Gasteiger partial charge on any atom is 0.322 e. The van der Waals surface area contributed by atoms with Crippen LogP contribution in [0.3, 0.4) is 0 Å². The molecule has 6 rings (SSSR count). The number of fused-ring (bicyclic) bond motifs is 2. The fourth-order valence-corrected chi connectivity index (χ4v) is 5.93. The van der Waals surface area contributed by atoms with Gasteiger partial charge in [-0.1, -0.05) is 6.07 Å². The van der Waals surface area contributed by atoms with E-state index in [4.69, 9.17) is 4.98 Å². The Morgan fingerprint density at radius 2 is 2.08 bits per heavy atom. The number of hydrogen-bond donors (Lipinski definition) is 2. The molecule has 190 valence electrons. The van der Waals surface area contributed by atoms with Gasteiger partial charge in [0.1, 0.15) is 16.5 Å². The lowest BCUT2D eigenvalue weighted by atomic mass is 10.00. The summed E-state index contributed by atoms with van der Waals surface area (Å²) in [4.78, 5) is 40.0. The van der Waals surface area contributed by atoms with Crippen molar-refractivity contribution in [3.63, 3.8) is 0 Å². The number of carbonyl (C=O) groups excluding carboxylic acids is 1. The zero-order valence-electron chi connectivity index (χ0n) is 20.0. The van der Waals surface area contributed by atoms with Gasteiger partial charge in [0, 0.05) is 49.8 Å². The summed E-state index contributed by atoms with van der Waals surface area (Å²) in [6.45, 7) is 1.27. The van der Waals surface area contributed by atoms with Crippen LogP contribution in [0.25, 0.3) is 27.6 Å². The lowest BCUT2D eigenvalue weighted by Crippen LogP contribution is -2.56. The van der Waals surface area contributed by atoms with E-state index in [1.54, 1.807) is 17.3 Å². The highest BCUT2D eigenvalue weighted by atomic mass is 79.9. The highest BCUT2D eigenvalue weighted by Gasteiger charge is 2.36. The van der Waals surface area contributed by atoms with Crippen LogP contribution < -0.4 is 5.32 Å². The van der Waals surface area contributed by atoms with Crippen molar-refractivity contribution in [2.45, 2.75) is 31.7 Å². The van der Waals surface area contributed by atoms with Crippen molar-refractivity contribution in [2.75, 3.05) is 19.6 Å². The Bertz CT molecular complexity index is 1510. The highest BCUT2D eigenvalue weighted by molar-refractivity contribution is 9.10. The van der Waals surface area contributed by atoms with Crippen molar-refractivity contribution in [1.82, 2.24) is 34.9 Å². The largest absolute Gasteiger partial charge is 0.480 e. The van der Waals surface area contributed by atoms with Crippen LogP contribution in [0, 0.1) is 11.8 Å². The van der Waals surface area contributed by atoms with Crippen LogP contribution in [0.5, 0.6) is 0 Å². The van der Waals surface area contributed by atoms with Crippen molar-refractivity contribution in [1.29, 1.82) is 0 Å². The fraction of sp³-hybridized carbons (Fsp3) is 0.385. The Morgan fingerprint density at radius 1 is 1.19 bits per heavy atom. The summed E-state index contributed by atoms with van der Waals surface area (Å²) in [6.07, 6.45) is 6.76. The molecule has 1 aliphatic heterocycles. The third kappa shape index (κ3) is 4.69. The molecule has 2 aliphatic rings. The number of carboxylic acid groups (broad SMARTS) is 1. The first-order valence-corrected chi connectivity index (χ1v) is 13.3. The van der Waals surface area contributed by atoms with Gasteiger partial charge in [0.25, 0.3) is 0 Å². The lowest BCUT2D eigenvalue weighted by Gasteiger charge is -2.33. The molecule has 10 nitrogen and oxygen atoms in total. The maximum absolute atomic E-state index is 13.1. The number of halogens is 1. The van der Waals surface area contributed by atoms with Gasteiger partial charge in [0.15, 0.2) is 5.65 Å². The zero-order valence-corrected chi connectivity index (χ0v) is 21.6. The van der Waals surface area contributed by atoms with Crippen LogP contribution in [0.15, 0.2) is 47.3 Å². The number of aliphatic carboxylic acids is 1. The predicted octanol–water partition coefficient (Wildman–Crippen LogP) is 2.97.